The third-order valence-electron chi connectivity index (χ3n) is 3.86. The highest BCUT2D eigenvalue weighted by Crippen LogP contribution is 2.41. The summed E-state index contributed by atoms with van der Waals surface area (Å²) in [5, 5.41) is 12.3. The highest BCUT2D eigenvalue weighted by molar-refractivity contribution is 5.85. The molecule has 0 aromatic heterocycles. The molecule has 0 aliphatic carbocycles. The molecule has 2 rings (SSSR count). The Morgan fingerprint density at radius 2 is 1.91 bits per heavy atom. The Morgan fingerprint density at radius 3 is 2.43 bits per heavy atom. The maximum absolute atomic E-state index is 14.4. The number of rotatable bonds is 6. The normalized spacial score (nSPS) is 17.3. The lowest BCUT2D eigenvalue weighted by molar-refractivity contribution is -0.119. The average Bonchev–Trinajstić information content (AvgIpc) is 2.55. The maximum atomic E-state index is 14.4. The molecule has 1 aromatic carbocycles. The van der Waals surface area contributed by atoms with Gasteiger partial charge in [-0.3, -0.25) is 4.90 Å². The van der Waals surface area contributed by atoms with Gasteiger partial charge in [-0.05, 0) is 18.2 Å². The summed E-state index contributed by atoms with van der Waals surface area (Å²) >= 11 is 0. The predicted molar refractivity (Wildman–Crippen MR) is 86.0 cm³/mol. The van der Waals surface area contributed by atoms with E-state index < -0.39 is 18.6 Å². The highest BCUT2D eigenvalue weighted by atomic mass is 35.5. The van der Waals surface area contributed by atoms with E-state index in [0.29, 0.717) is 43.2 Å². The molecule has 0 saturated carbocycles. The molecule has 0 bridgehead atoms. The van der Waals surface area contributed by atoms with Crippen LogP contribution in [0.25, 0.3) is 0 Å². The molecule has 0 radical (unpaired) electrons. The zero-order valence-corrected chi connectivity index (χ0v) is 14.0. The second-order valence-electron chi connectivity index (χ2n) is 5.22. The van der Waals surface area contributed by atoms with Crippen LogP contribution in [0, 0.1) is 0 Å². The number of aliphatic hydroxyl groups excluding tert-OH is 1. The van der Waals surface area contributed by atoms with Crippen molar-refractivity contribution in [1.82, 2.24) is 10.2 Å². The van der Waals surface area contributed by atoms with Crippen molar-refractivity contribution in [3.05, 3.63) is 23.8 Å². The molecule has 1 saturated heterocycles. The van der Waals surface area contributed by atoms with Crippen LogP contribution in [0.15, 0.2) is 18.2 Å². The molecule has 8 heteroatoms. The first-order valence-electron chi connectivity index (χ1n) is 7.19. The number of ether oxygens (including phenoxy) is 2. The Balaban J connectivity index is 0.00000264. The molecule has 1 aliphatic rings. The van der Waals surface area contributed by atoms with Crippen LogP contribution in [0.2, 0.25) is 0 Å². The molecule has 23 heavy (non-hydrogen) atoms. The van der Waals surface area contributed by atoms with Crippen LogP contribution in [-0.2, 0) is 0 Å². The first-order chi connectivity index (χ1) is 10.5. The fraction of sp³-hybridized carbons (Fsp3) is 0.600. The van der Waals surface area contributed by atoms with E-state index in [1.807, 2.05) is 0 Å². The number of nitrogens with zero attached hydrogens (tertiary/aromatic N) is 1. The summed E-state index contributed by atoms with van der Waals surface area (Å²) in [5.74, 6) is -2.45. The molecule has 5 nitrogen and oxygen atoms in total. The molecule has 1 atom stereocenters. The van der Waals surface area contributed by atoms with Crippen LogP contribution in [0.1, 0.15) is 11.6 Å². The van der Waals surface area contributed by atoms with Gasteiger partial charge in [-0.15, -0.1) is 12.4 Å². The van der Waals surface area contributed by atoms with E-state index in [0.717, 1.165) is 0 Å². The number of halogens is 3. The van der Waals surface area contributed by atoms with E-state index in [4.69, 9.17) is 9.47 Å². The van der Waals surface area contributed by atoms with Gasteiger partial charge in [-0.2, -0.15) is 0 Å². The van der Waals surface area contributed by atoms with Gasteiger partial charge in [0.2, 0.25) is 0 Å². The van der Waals surface area contributed by atoms with Gasteiger partial charge in [0.15, 0.2) is 0 Å². The van der Waals surface area contributed by atoms with Crippen LogP contribution in [0.3, 0.4) is 0 Å². The van der Waals surface area contributed by atoms with Crippen molar-refractivity contribution in [1.29, 1.82) is 0 Å². The van der Waals surface area contributed by atoms with Crippen molar-refractivity contribution in [2.75, 3.05) is 47.0 Å². The van der Waals surface area contributed by atoms with Gasteiger partial charge in [0.25, 0.3) is 5.92 Å². The molecule has 132 valence electrons. The standard InChI is InChI=1S/C15H22F2N2O3.ClH/c1-21-11-3-4-13(22-2)12(9-11)14(15(16,17)10-20)19-7-5-18-6-8-19;/h3-4,9,14,18,20H,5-8,10H2,1-2H3;1H/t14-;/m0./s1. The van der Waals surface area contributed by atoms with Crippen molar-refractivity contribution in [2.45, 2.75) is 12.0 Å². The number of nitrogens with one attached hydrogen (secondary N) is 1. The van der Waals surface area contributed by atoms with Gasteiger partial charge in [0, 0.05) is 31.7 Å². The minimum atomic E-state index is -3.28. The van der Waals surface area contributed by atoms with E-state index in [-0.39, 0.29) is 12.4 Å². The zero-order chi connectivity index (χ0) is 16.2. The number of benzene rings is 1. The number of methoxy groups -OCH3 is 2. The Labute approximate surface area is 141 Å². The van der Waals surface area contributed by atoms with Crippen molar-refractivity contribution >= 4 is 12.4 Å². The molecule has 0 spiro atoms. The fourth-order valence-corrected chi connectivity index (χ4v) is 2.77. The summed E-state index contributed by atoms with van der Waals surface area (Å²) < 4.78 is 39.2. The van der Waals surface area contributed by atoms with E-state index in [1.165, 1.54) is 14.2 Å². The van der Waals surface area contributed by atoms with Crippen molar-refractivity contribution in [3.8, 4) is 11.5 Å². The molecule has 0 amide bonds. The first-order valence-corrected chi connectivity index (χ1v) is 7.19. The monoisotopic (exact) mass is 352 g/mol. The second-order valence-corrected chi connectivity index (χ2v) is 5.22. The Morgan fingerprint density at radius 1 is 1.26 bits per heavy atom. The lowest BCUT2D eigenvalue weighted by Gasteiger charge is -2.39. The van der Waals surface area contributed by atoms with Crippen molar-refractivity contribution in [3.63, 3.8) is 0 Å². The molecule has 1 heterocycles. The minimum Gasteiger partial charge on any atom is -0.497 e. The number of hydrogen-bond acceptors (Lipinski definition) is 5. The Hall–Kier alpha value is -1.15. The van der Waals surface area contributed by atoms with Crippen molar-refractivity contribution < 1.29 is 23.4 Å². The fourth-order valence-electron chi connectivity index (χ4n) is 2.77. The number of aliphatic hydroxyl groups is 1. The Bertz CT molecular complexity index is 500. The van der Waals surface area contributed by atoms with Crippen LogP contribution in [0.4, 0.5) is 8.78 Å². The smallest absolute Gasteiger partial charge is 0.290 e. The number of hydrogen-bond donors (Lipinski definition) is 2. The predicted octanol–water partition coefficient (Wildman–Crippen LogP) is 1.70. The highest BCUT2D eigenvalue weighted by Gasteiger charge is 2.45. The molecular weight excluding hydrogens is 330 g/mol. The average molecular weight is 353 g/mol. The van der Waals surface area contributed by atoms with Gasteiger partial charge in [-0.1, -0.05) is 0 Å². The van der Waals surface area contributed by atoms with E-state index in [9.17, 15) is 13.9 Å². The minimum absolute atomic E-state index is 0. The zero-order valence-electron chi connectivity index (χ0n) is 13.2. The van der Waals surface area contributed by atoms with Crippen molar-refractivity contribution in [2.24, 2.45) is 0 Å². The largest absolute Gasteiger partial charge is 0.497 e. The molecule has 1 aliphatic heterocycles. The molecule has 1 fully saturated rings. The summed E-state index contributed by atoms with van der Waals surface area (Å²) in [5.41, 5.74) is 0.322. The van der Waals surface area contributed by atoms with Gasteiger partial charge in [-0.25, -0.2) is 8.78 Å². The molecule has 2 N–H and O–H groups in total. The van der Waals surface area contributed by atoms with Gasteiger partial charge < -0.3 is 19.9 Å². The van der Waals surface area contributed by atoms with Crippen LogP contribution in [-0.4, -0.2) is 62.9 Å². The topological polar surface area (TPSA) is 54.0 Å². The number of piperazine rings is 1. The second kappa shape index (κ2) is 8.63. The summed E-state index contributed by atoms with van der Waals surface area (Å²) in [6.07, 6.45) is 0. The summed E-state index contributed by atoms with van der Waals surface area (Å²) in [7, 11) is 2.92. The summed E-state index contributed by atoms with van der Waals surface area (Å²) in [4.78, 5) is 1.67. The molecular formula is C15H23ClF2N2O3. The van der Waals surface area contributed by atoms with E-state index in [2.05, 4.69) is 5.32 Å². The number of alkyl halides is 2. The SMILES string of the molecule is COc1ccc(OC)c([C@H](N2CCNCC2)C(F)(F)CO)c1.Cl. The lowest BCUT2D eigenvalue weighted by atomic mass is 9.97. The van der Waals surface area contributed by atoms with Gasteiger partial charge >= 0.3 is 0 Å². The summed E-state index contributed by atoms with van der Waals surface area (Å²) in [6.45, 7) is 0.984. The van der Waals surface area contributed by atoms with Gasteiger partial charge in [0.1, 0.15) is 24.1 Å². The third-order valence-corrected chi connectivity index (χ3v) is 3.86. The van der Waals surface area contributed by atoms with E-state index >= 15 is 0 Å². The maximum Gasteiger partial charge on any atom is 0.290 e. The molecule has 1 aromatic rings. The van der Waals surface area contributed by atoms with Crippen LogP contribution < -0.4 is 14.8 Å². The van der Waals surface area contributed by atoms with E-state index in [1.54, 1.807) is 23.1 Å². The van der Waals surface area contributed by atoms with Crippen LogP contribution in [0.5, 0.6) is 11.5 Å². The first kappa shape index (κ1) is 19.9. The quantitative estimate of drug-likeness (QED) is 0.816. The third kappa shape index (κ3) is 4.44. The lowest BCUT2D eigenvalue weighted by Crippen LogP contribution is -2.51. The Kier molecular flexibility index (Phi) is 7.47. The van der Waals surface area contributed by atoms with Gasteiger partial charge in [0.05, 0.1) is 14.2 Å². The molecule has 0 unspecified atom stereocenters. The summed E-state index contributed by atoms with van der Waals surface area (Å²) in [6, 6.07) is 3.56. The van der Waals surface area contributed by atoms with Crippen LogP contribution >= 0.6 is 12.4 Å².